The lowest BCUT2D eigenvalue weighted by molar-refractivity contribution is -0.303. The number of aliphatic hydroxyl groups excluding tert-OH is 2. The van der Waals surface area contributed by atoms with Crippen LogP contribution in [0.2, 0.25) is 18.1 Å². The molecule has 1 saturated heterocycles. The zero-order chi connectivity index (χ0) is 24.5. The first-order valence-electron chi connectivity index (χ1n) is 12.3. The standard InChI is InChI=1S/C24H48O7Si/c1-9-10-11-12-13-14-15-28-23-20(26)21(31-22(27)17(2)3)19(25)18(30-23)16-29-32(7,8)24(4,5)6/h17-21,23,25-26H,9-16H2,1-8H3/t18?,19-,20?,21?,23-/m1/s1. The van der Waals surface area contributed by atoms with Crippen LogP contribution in [0, 0.1) is 5.92 Å². The van der Waals surface area contributed by atoms with Gasteiger partial charge in [-0.3, -0.25) is 4.79 Å². The summed E-state index contributed by atoms with van der Waals surface area (Å²) in [5.74, 6) is -0.851. The molecule has 5 atom stereocenters. The maximum absolute atomic E-state index is 12.2. The van der Waals surface area contributed by atoms with Crippen LogP contribution in [-0.2, 0) is 23.4 Å². The third kappa shape index (κ3) is 9.03. The second-order valence-corrected chi connectivity index (χ2v) is 15.6. The van der Waals surface area contributed by atoms with Gasteiger partial charge in [-0.25, -0.2) is 0 Å². The van der Waals surface area contributed by atoms with Crippen LogP contribution in [0.5, 0.6) is 0 Å². The number of unbranched alkanes of at least 4 members (excludes halogenated alkanes) is 5. The lowest BCUT2D eigenvalue weighted by Crippen LogP contribution is -2.61. The number of ether oxygens (including phenoxy) is 3. The highest BCUT2D eigenvalue weighted by atomic mass is 28.4. The fourth-order valence-electron chi connectivity index (χ4n) is 3.18. The van der Waals surface area contributed by atoms with E-state index in [9.17, 15) is 15.0 Å². The lowest BCUT2D eigenvalue weighted by atomic mass is 9.98. The fourth-order valence-corrected chi connectivity index (χ4v) is 4.19. The van der Waals surface area contributed by atoms with Gasteiger partial charge in [0.15, 0.2) is 20.7 Å². The molecule has 0 aromatic heterocycles. The Morgan fingerprint density at radius 2 is 1.62 bits per heavy atom. The molecule has 2 N–H and O–H groups in total. The highest BCUT2D eigenvalue weighted by Crippen LogP contribution is 2.37. The van der Waals surface area contributed by atoms with E-state index in [1.165, 1.54) is 19.3 Å². The van der Waals surface area contributed by atoms with E-state index in [0.29, 0.717) is 6.61 Å². The molecule has 0 bridgehead atoms. The van der Waals surface area contributed by atoms with Crippen molar-refractivity contribution in [2.24, 2.45) is 5.92 Å². The van der Waals surface area contributed by atoms with Crippen molar-refractivity contribution in [1.29, 1.82) is 0 Å². The minimum absolute atomic E-state index is 0.00329. The van der Waals surface area contributed by atoms with Gasteiger partial charge in [0.25, 0.3) is 0 Å². The van der Waals surface area contributed by atoms with E-state index >= 15 is 0 Å². The Morgan fingerprint density at radius 1 is 1.03 bits per heavy atom. The summed E-state index contributed by atoms with van der Waals surface area (Å²) in [6.07, 6.45) is 1.39. The van der Waals surface area contributed by atoms with Gasteiger partial charge in [0.1, 0.15) is 18.3 Å². The molecule has 190 valence electrons. The quantitative estimate of drug-likeness (QED) is 0.231. The third-order valence-corrected chi connectivity index (χ3v) is 11.1. The van der Waals surface area contributed by atoms with E-state index in [0.717, 1.165) is 19.3 Å². The number of aliphatic hydroxyl groups is 2. The number of hydrogen-bond donors (Lipinski definition) is 2. The van der Waals surface area contributed by atoms with Crippen LogP contribution in [0.3, 0.4) is 0 Å². The van der Waals surface area contributed by atoms with Gasteiger partial charge < -0.3 is 28.8 Å². The second-order valence-electron chi connectivity index (χ2n) is 10.8. The molecule has 1 fully saturated rings. The van der Waals surface area contributed by atoms with Gasteiger partial charge in [0.05, 0.1) is 12.5 Å². The predicted molar refractivity (Wildman–Crippen MR) is 128 cm³/mol. The van der Waals surface area contributed by atoms with Gasteiger partial charge in [-0.05, 0) is 24.6 Å². The Balaban J connectivity index is 2.79. The largest absolute Gasteiger partial charge is 0.456 e. The number of carbonyl (C=O) groups excluding carboxylic acids is 1. The first-order valence-corrected chi connectivity index (χ1v) is 15.2. The molecule has 8 heteroatoms. The number of carbonyl (C=O) groups is 1. The van der Waals surface area contributed by atoms with Crippen molar-refractivity contribution in [3.63, 3.8) is 0 Å². The minimum atomic E-state index is -2.08. The number of esters is 1. The van der Waals surface area contributed by atoms with E-state index in [1.807, 2.05) is 0 Å². The van der Waals surface area contributed by atoms with Crippen molar-refractivity contribution in [1.82, 2.24) is 0 Å². The topological polar surface area (TPSA) is 94.5 Å². The minimum Gasteiger partial charge on any atom is -0.456 e. The molecule has 0 amide bonds. The zero-order valence-corrected chi connectivity index (χ0v) is 22.6. The highest BCUT2D eigenvalue weighted by Gasteiger charge is 2.48. The van der Waals surface area contributed by atoms with E-state index in [-0.39, 0.29) is 17.6 Å². The molecule has 1 aliphatic rings. The van der Waals surface area contributed by atoms with Crippen molar-refractivity contribution in [2.45, 2.75) is 129 Å². The second kappa shape index (κ2) is 13.4. The molecule has 3 unspecified atom stereocenters. The van der Waals surface area contributed by atoms with Crippen molar-refractivity contribution < 1.29 is 33.6 Å². The highest BCUT2D eigenvalue weighted by molar-refractivity contribution is 6.74. The van der Waals surface area contributed by atoms with Gasteiger partial charge in [0, 0.05) is 6.61 Å². The molecule has 0 aromatic carbocycles. The summed E-state index contributed by atoms with van der Waals surface area (Å²) in [6, 6.07) is 0. The van der Waals surface area contributed by atoms with Crippen LogP contribution in [0.25, 0.3) is 0 Å². The van der Waals surface area contributed by atoms with Crippen molar-refractivity contribution in [2.75, 3.05) is 13.2 Å². The van der Waals surface area contributed by atoms with Gasteiger partial charge in [-0.2, -0.15) is 0 Å². The molecule has 32 heavy (non-hydrogen) atoms. The summed E-state index contributed by atoms with van der Waals surface area (Å²) >= 11 is 0. The fraction of sp³-hybridized carbons (Fsp3) is 0.958. The number of hydrogen-bond acceptors (Lipinski definition) is 7. The predicted octanol–water partition coefficient (Wildman–Crippen LogP) is 4.40. The lowest BCUT2D eigenvalue weighted by Gasteiger charge is -2.44. The maximum atomic E-state index is 12.2. The molecule has 1 heterocycles. The Labute approximate surface area is 196 Å². The van der Waals surface area contributed by atoms with Gasteiger partial charge >= 0.3 is 5.97 Å². The van der Waals surface area contributed by atoms with Crippen molar-refractivity contribution >= 4 is 14.3 Å². The first kappa shape index (κ1) is 29.5. The normalized spacial score (nSPS) is 27.0. The summed E-state index contributed by atoms with van der Waals surface area (Å²) in [6.45, 7) is 16.9. The average Bonchev–Trinajstić information content (AvgIpc) is 2.69. The van der Waals surface area contributed by atoms with E-state index < -0.39 is 45.0 Å². The molecule has 0 radical (unpaired) electrons. The summed E-state index contributed by atoms with van der Waals surface area (Å²) in [7, 11) is -2.08. The smallest absolute Gasteiger partial charge is 0.308 e. The summed E-state index contributed by atoms with van der Waals surface area (Å²) < 4.78 is 23.5. The molecule has 0 aliphatic carbocycles. The monoisotopic (exact) mass is 476 g/mol. The molecular weight excluding hydrogens is 428 g/mol. The Kier molecular flexibility index (Phi) is 12.4. The molecule has 1 aliphatic heterocycles. The van der Waals surface area contributed by atoms with E-state index in [2.05, 4.69) is 40.8 Å². The first-order chi connectivity index (χ1) is 14.8. The molecule has 7 nitrogen and oxygen atoms in total. The van der Waals surface area contributed by atoms with E-state index in [1.54, 1.807) is 13.8 Å². The third-order valence-electron chi connectivity index (χ3n) is 6.56. The summed E-state index contributed by atoms with van der Waals surface area (Å²) in [5.41, 5.74) is 0. The Bertz CT molecular complexity index is 547. The Morgan fingerprint density at radius 3 is 2.19 bits per heavy atom. The molecule has 1 rings (SSSR count). The van der Waals surface area contributed by atoms with Crippen LogP contribution in [0.1, 0.15) is 80.1 Å². The molecular formula is C24H48O7Si. The molecule has 0 saturated carbocycles. The zero-order valence-electron chi connectivity index (χ0n) is 21.6. The van der Waals surface area contributed by atoms with Crippen LogP contribution < -0.4 is 0 Å². The van der Waals surface area contributed by atoms with Crippen molar-refractivity contribution in [3.05, 3.63) is 0 Å². The Hall–Kier alpha value is -0.513. The van der Waals surface area contributed by atoms with Gasteiger partial charge in [-0.1, -0.05) is 73.6 Å². The van der Waals surface area contributed by atoms with Gasteiger partial charge in [-0.15, -0.1) is 0 Å². The summed E-state index contributed by atoms with van der Waals surface area (Å²) in [5, 5.41) is 21.6. The van der Waals surface area contributed by atoms with Crippen LogP contribution >= 0.6 is 0 Å². The maximum Gasteiger partial charge on any atom is 0.308 e. The van der Waals surface area contributed by atoms with Gasteiger partial charge in [0.2, 0.25) is 0 Å². The SMILES string of the molecule is CCCCCCCCO[C@@H]1OC(CO[Si](C)(C)C(C)(C)C)[C@@H](O)C(OC(=O)C(C)C)C1O. The van der Waals surface area contributed by atoms with Crippen molar-refractivity contribution in [3.8, 4) is 0 Å². The number of rotatable bonds is 13. The average molecular weight is 477 g/mol. The molecule has 0 spiro atoms. The van der Waals surface area contributed by atoms with Crippen LogP contribution in [0.15, 0.2) is 0 Å². The van der Waals surface area contributed by atoms with Crippen LogP contribution in [-0.4, -0.2) is 68.4 Å². The van der Waals surface area contributed by atoms with E-state index in [4.69, 9.17) is 18.6 Å². The van der Waals surface area contributed by atoms with Crippen LogP contribution in [0.4, 0.5) is 0 Å². The summed E-state index contributed by atoms with van der Waals surface area (Å²) in [4.78, 5) is 12.2. The molecule has 0 aromatic rings.